The number of hydrogen-bond acceptors (Lipinski definition) is 4. The number of benzene rings is 2. The number of rotatable bonds is 5. The summed E-state index contributed by atoms with van der Waals surface area (Å²) in [6.07, 6.45) is 0. The van der Waals surface area contributed by atoms with E-state index in [0.717, 1.165) is 0 Å². The third-order valence-corrected chi connectivity index (χ3v) is 5.40. The molecule has 0 radical (unpaired) electrons. The lowest BCUT2D eigenvalue weighted by Crippen LogP contribution is -2.13. The molecule has 0 saturated heterocycles. The van der Waals surface area contributed by atoms with Gasteiger partial charge in [-0.2, -0.15) is 0 Å². The van der Waals surface area contributed by atoms with Crippen molar-refractivity contribution in [3.63, 3.8) is 0 Å². The van der Waals surface area contributed by atoms with Gasteiger partial charge in [-0.15, -0.1) is 0 Å². The van der Waals surface area contributed by atoms with Gasteiger partial charge in [0, 0.05) is 10.6 Å². The zero-order valence-electron chi connectivity index (χ0n) is 12.9. The average molecular weight is 412 g/mol. The number of aromatic carboxylic acids is 1. The Kier molecular flexibility index (Phi) is 4.95. The van der Waals surface area contributed by atoms with Crippen LogP contribution in [-0.2, 0) is 10.0 Å². The van der Waals surface area contributed by atoms with Crippen molar-refractivity contribution >= 4 is 44.9 Å². The monoisotopic (exact) mass is 411 g/mol. The molecule has 1 aromatic heterocycles. The molecule has 0 bridgehead atoms. The van der Waals surface area contributed by atoms with Crippen molar-refractivity contribution in [2.75, 3.05) is 4.72 Å². The summed E-state index contributed by atoms with van der Waals surface area (Å²) in [6, 6.07) is 13.0. The van der Waals surface area contributed by atoms with E-state index < -0.39 is 16.0 Å². The van der Waals surface area contributed by atoms with Gasteiger partial charge in [0.1, 0.15) is 5.76 Å². The van der Waals surface area contributed by atoms with Crippen molar-refractivity contribution < 1.29 is 22.7 Å². The number of hydrogen-bond donors (Lipinski definition) is 2. The third-order valence-electron chi connectivity index (χ3n) is 3.44. The zero-order valence-corrected chi connectivity index (χ0v) is 15.3. The van der Waals surface area contributed by atoms with Gasteiger partial charge in [-0.3, -0.25) is 4.72 Å². The van der Waals surface area contributed by atoms with Crippen molar-refractivity contribution in [3.05, 3.63) is 70.4 Å². The summed E-state index contributed by atoms with van der Waals surface area (Å²) in [4.78, 5) is 10.9. The van der Waals surface area contributed by atoms with Gasteiger partial charge < -0.3 is 9.52 Å². The SMILES string of the molecule is O=C(O)c1ccc(-c2ccc(Cl)c(NS(=O)(=O)c3ccc(Cl)cc3)c2)o1. The number of furan rings is 1. The molecule has 0 unspecified atom stereocenters. The zero-order chi connectivity index (χ0) is 18.9. The lowest BCUT2D eigenvalue weighted by molar-refractivity contribution is 0.0663. The van der Waals surface area contributed by atoms with E-state index in [1.807, 2.05) is 0 Å². The van der Waals surface area contributed by atoms with Crippen LogP contribution < -0.4 is 4.72 Å². The molecule has 2 N–H and O–H groups in total. The molecule has 6 nitrogen and oxygen atoms in total. The number of sulfonamides is 1. The van der Waals surface area contributed by atoms with E-state index >= 15 is 0 Å². The smallest absolute Gasteiger partial charge is 0.371 e. The molecular formula is C17H11Cl2NO5S. The predicted octanol–water partition coefficient (Wildman–Crippen LogP) is 4.75. The highest BCUT2D eigenvalue weighted by molar-refractivity contribution is 7.92. The summed E-state index contributed by atoms with van der Waals surface area (Å²) in [5.74, 6) is -1.15. The first kappa shape index (κ1) is 18.3. The maximum atomic E-state index is 12.5. The molecule has 26 heavy (non-hydrogen) atoms. The van der Waals surface area contributed by atoms with Gasteiger partial charge in [0.2, 0.25) is 5.76 Å². The molecule has 0 aliphatic heterocycles. The topological polar surface area (TPSA) is 96.6 Å². The number of anilines is 1. The fourth-order valence-electron chi connectivity index (χ4n) is 2.18. The van der Waals surface area contributed by atoms with Gasteiger partial charge in [-0.1, -0.05) is 23.2 Å². The first-order valence-electron chi connectivity index (χ1n) is 7.18. The van der Waals surface area contributed by atoms with E-state index in [1.165, 1.54) is 48.5 Å². The molecule has 2 aromatic carbocycles. The van der Waals surface area contributed by atoms with Crippen LogP contribution in [0.15, 0.2) is 63.9 Å². The van der Waals surface area contributed by atoms with Crippen molar-refractivity contribution in [2.24, 2.45) is 0 Å². The highest BCUT2D eigenvalue weighted by Gasteiger charge is 2.17. The summed E-state index contributed by atoms with van der Waals surface area (Å²) in [6.45, 7) is 0. The number of carbonyl (C=O) groups is 1. The van der Waals surface area contributed by atoms with Crippen molar-refractivity contribution in [2.45, 2.75) is 4.90 Å². The van der Waals surface area contributed by atoms with Gasteiger partial charge in [0.15, 0.2) is 0 Å². The van der Waals surface area contributed by atoms with E-state index in [-0.39, 0.29) is 27.1 Å². The maximum Gasteiger partial charge on any atom is 0.371 e. The van der Waals surface area contributed by atoms with Crippen LogP contribution in [0.2, 0.25) is 10.0 Å². The summed E-state index contributed by atoms with van der Waals surface area (Å²) in [5.41, 5.74) is 0.600. The fourth-order valence-corrected chi connectivity index (χ4v) is 3.60. The number of halogens is 2. The average Bonchev–Trinajstić information content (AvgIpc) is 3.07. The Hall–Kier alpha value is -2.48. The first-order chi connectivity index (χ1) is 12.3. The second-order valence-electron chi connectivity index (χ2n) is 5.22. The minimum absolute atomic E-state index is 0.0227. The van der Waals surface area contributed by atoms with Gasteiger partial charge >= 0.3 is 5.97 Å². The highest BCUT2D eigenvalue weighted by atomic mass is 35.5. The Bertz CT molecular complexity index is 1070. The summed E-state index contributed by atoms with van der Waals surface area (Å²) in [7, 11) is -3.88. The number of carboxylic acid groups (broad SMARTS) is 1. The van der Waals surface area contributed by atoms with Crippen LogP contribution >= 0.6 is 23.2 Å². The standard InChI is InChI=1S/C17H11Cl2NO5S/c18-11-2-4-12(5-3-11)26(23,24)20-14-9-10(1-6-13(14)19)15-7-8-16(25-15)17(21)22/h1-9,20H,(H,21,22). The molecule has 0 spiro atoms. The molecule has 134 valence electrons. The van der Waals surface area contributed by atoms with E-state index in [2.05, 4.69) is 4.72 Å². The van der Waals surface area contributed by atoms with Crippen LogP contribution in [-0.4, -0.2) is 19.5 Å². The van der Waals surface area contributed by atoms with Gasteiger partial charge in [-0.05, 0) is 54.6 Å². The van der Waals surface area contributed by atoms with Crippen LogP contribution in [0.5, 0.6) is 0 Å². The van der Waals surface area contributed by atoms with E-state index in [1.54, 1.807) is 6.07 Å². The number of nitrogens with one attached hydrogen (secondary N) is 1. The van der Waals surface area contributed by atoms with E-state index in [4.69, 9.17) is 32.7 Å². The Morgan fingerprint density at radius 3 is 2.31 bits per heavy atom. The molecule has 3 aromatic rings. The van der Waals surface area contributed by atoms with Crippen molar-refractivity contribution in [3.8, 4) is 11.3 Å². The second kappa shape index (κ2) is 7.03. The fraction of sp³-hybridized carbons (Fsp3) is 0. The van der Waals surface area contributed by atoms with Gasteiger partial charge in [-0.25, -0.2) is 13.2 Å². The molecule has 0 amide bonds. The van der Waals surface area contributed by atoms with Crippen LogP contribution in [0.4, 0.5) is 5.69 Å². The van der Waals surface area contributed by atoms with Crippen molar-refractivity contribution in [1.82, 2.24) is 0 Å². The number of carboxylic acids is 1. The van der Waals surface area contributed by atoms with E-state index in [0.29, 0.717) is 10.6 Å². The van der Waals surface area contributed by atoms with Crippen LogP contribution in [0.25, 0.3) is 11.3 Å². The second-order valence-corrected chi connectivity index (χ2v) is 7.75. The lowest BCUT2D eigenvalue weighted by Gasteiger charge is -2.11. The Balaban J connectivity index is 1.95. The first-order valence-corrected chi connectivity index (χ1v) is 9.41. The molecular weight excluding hydrogens is 401 g/mol. The van der Waals surface area contributed by atoms with Gasteiger partial charge in [0.25, 0.3) is 10.0 Å². The van der Waals surface area contributed by atoms with Gasteiger partial charge in [0.05, 0.1) is 15.6 Å². The summed E-state index contributed by atoms with van der Waals surface area (Å²) in [5, 5.41) is 9.52. The lowest BCUT2D eigenvalue weighted by atomic mass is 10.1. The minimum Gasteiger partial charge on any atom is -0.475 e. The predicted molar refractivity (Wildman–Crippen MR) is 98.4 cm³/mol. The molecule has 0 aliphatic rings. The van der Waals surface area contributed by atoms with Crippen molar-refractivity contribution in [1.29, 1.82) is 0 Å². The van der Waals surface area contributed by atoms with Crippen LogP contribution in [0.3, 0.4) is 0 Å². The summed E-state index contributed by atoms with van der Waals surface area (Å²) >= 11 is 11.9. The Morgan fingerprint density at radius 1 is 1.00 bits per heavy atom. The third kappa shape index (κ3) is 3.85. The van der Waals surface area contributed by atoms with E-state index in [9.17, 15) is 13.2 Å². The molecule has 3 rings (SSSR count). The minimum atomic E-state index is -3.88. The normalized spacial score (nSPS) is 11.3. The molecule has 1 heterocycles. The molecule has 0 atom stereocenters. The largest absolute Gasteiger partial charge is 0.475 e. The quantitative estimate of drug-likeness (QED) is 0.630. The molecule has 9 heteroatoms. The highest BCUT2D eigenvalue weighted by Crippen LogP contribution is 2.31. The molecule has 0 saturated carbocycles. The Morgan fingerprint density at radius 2 is 1.69 bits per heavy atom. The maximum absolute atomic E-state index is 12.5. The molecule has 0 aliphatic carbocycles. The molecule has 0 fully saturated rings. The van der Waals surface area contributed by atoms with Crippen LogP contribution in [0, 0.1) is 0 Å². The van der Waals surface area contributed by atoms with Crippen LogP contribution in [0.1, 0.15) is 10.6 Å². The Labute approximate surface area is 159 Å². The summed E-state index contributed by atoms with van der Waals surface area (Å²) < 4.78 is 32.6.